The number of rotatable bonds is 7. The van der Waals surface area contributed by atoms with E-state index in [9.17, 15) is 18.0 Å². The summed E-state index contributed by atoms with van der Waals surface area (Å²) in [6, 6.07) is 8.80. The highest BCUT2D eigenvalue weighted by molar-refractivity contribution is 7.89. The zero-order chi connectivity index (χ0) is 30.1. The van der Waals surface area contributed by atoms with Crippen molar-refractivity contribution in [2.45, 2.75) is 32.9 Å². The molecule has 1 saturated heterocycles. The third kappa shape index (κ3) is 5.11. The number of amides is 1. The van der Waals surface area contributed by atoms with Crippen LogP contribution in [0.3, 0.4) is 0 Å². The van der Waals surface area contributed by atoms with Crippen LogP contribution in [0.2, 0.25) is 5.15 Å². The smallest absolute Gasteiger partial charge is 0.285 e. The molecule has 12 nitrogen and oxygen atoms in total. The fourth-order valence-electron chi connectivity index (χ4n) is 6.06. The van der Waals surface area contributed by atoms with Gasteiger partial charge in [-0.25, -0.2) is 23.1 Å². The van der Waals surface area contributed by atoms with Crippen LogP contribution in [0, 0.1) is 25.7 Å². The molecule has 1 aliphatic carbocycles. The predicted molar refractivity (Wildman–Crippen MR) is 161 cm³/mol. The number of aromatic nitrogens is 5. The van der Waals surface area contributed by atoms with Crippen molar-refractivity contribution in [3.63, 3.8) is 0 Å². The first-order chi connectivity index (χ1) is 19.8. The fraction of sp³-hybridized carbons (Fsp3) is 0.393. The van der Waals surface area contributed by atoms with Gasteiger partial charge in [0.05, 0.1) is 40.6 Å². The molecule has 42 heavy (non-hydrogen) atoms. The van der Waals surface area contributed by atoms with Gasteiger partial charge in [0.15, 0.2) is 5.69 Å². The molecule has 1 aliphatic heterocycles. The van der Waals surface area contributed by atoms with Gasteiger partial charge in [-0.3, -0.25) is 18.8 Å². The molecular weight excluding hydrogens is 580 g/mol. The molecule has 0 radical (unpaired) electrons. The van der Waals surface area contributed by atoms with Crippen LogP contribution in [0.4, 0.5) is 11.6 Å². The van der Waals surface area contributed by atoms with Crippen LogP contribution in [-0.4, -0.2) is 58.0 Å². The first kappa shape index (κ1) is 28.2. The predicted octanol–water partition coefficient (Wildman–Crippen LogP) is 2.97. The molecule has 6 rings (SSSR count). The molecule has 0 bridgehead atoms. The summed E-state index contributed by atoms with van der Waals surface area (Å²) < 4.78 is 29.0. The van der Waals surface area contributed by atoms with Crippen LogP contribution in [-0.2, 0) is 17.1 Å². The highest BCUT2D eigenvalue weighted by atomic mass is 35.5. The van der Waals surface area contributed by atoms with Crippen molar-refractivity contribution in [1.29, 1.82) is 0 Å². The molecule has 2 fully saturated rings. The number of pyridine rings is 1. The third-order valence-corrected chi connectivity index (χ3v) is 8.77. The molecule has 1 unspecified atom stereocenters. The number of sulfonamides is 1. The van der Waals surface area contributed by atoms with Crippen LogP contribution in [0.5, 0.6) is 0 Å². The van der Waals surface area contributed by atoms with Crippen molar-refractivity contribution in [3.05, 3.63) is 74.6 Å². The molecule has 4 atom stereocenters. The minimum absolute atomic E-state index is 0.0382. The van der Waals surface area contributed by atoms with E-state index in [1.165, 1.54) is 6.07 Å². The van der Waals surface area contributed by atoms with Crippen molar-refractivity contribution >= 4 is 50.1 Å². The maximum atomic E-state index is 13.6. The van der Waals surface area contributed by atoms with Gasteiger partial charge < -0.3 is 10.2 Å². The second-order valence-electron chi connectivity index (χ2n) is 11.3. The summed E-state index contributed by atoms with van der Waals surface area (Å²) in [6.45, 7) is 7.33. The number of hydrogen-bond acceptors (Lipinski definition) is 9. The molecule has 4 heterocycles. The van der Waals surface area contributed by atoms with E-state index in [1.807, 2.05) is 49.9 Å². The molecule has 4 aromatic rings. The Hall–Kier alpha value is -3.97. The Labute approximate surface area is 247 Å². The van der Waals surface area contributed by atoms with Crippen LogP contribution in [0.25, 0.3) is 10.9 Å². The molecule has 3 aromatic heterocycles. The Morgan fingerprint density at radius 1 is 1.12 bits per heavy atom. The van der Waals surface area contributed by atoms with Gasteiger partial charge >= 0.3 is 0 Å². The summed E-state index contributed by atoms with van der Waals surface area (Å²) in [7, 11) is -2.08. The summed E-state index contributed by atoms with van der Waals surface area (Å²) in [4.78, 5) is 37.6. The fourth-order valence-corrected chi connectivity index (χ4v) is 6.64. The summed E-state index contributed by atoms with van der Waals surface area (Å²) >= 11 is 6.03. The highest BCUT2D eigenvalue weighted by Crippen LogP contribution is 2.55. The number of carbonyl (C=O) groups is 1. The van der Waals surface area contributed by atoms with E-state index >= 15 is 0 Å². The lowest BCUT2D eigenvalue weighted by atomic mass is 10.0. The van der Waals surface area contributed by atoms with Gasteiger partial charge in [-0.2, -0.15) is 5.10 Å². The van der Waals surface area contributed by atoms with Gasteiger partial charge in [0.25, 0.3) is 11.5 Å². The molecule has 1 amide bonds. The van der Waals surface area contributed by atoms with Crippen molar-refractivity contribution in [2.24, 2.45) is 18.9 Å². The molecule has 1 saturated carbocycles. The van der Waals surface area contributed by atoms with E-state index in [0.717, 1.165) is 36.2 Å². The zero-order valence-corrected chi connectivity index (χ0v) is 25.4. The molecule has 220 valence electrons. The molecule has 2 N–H and O–H groups in total. The number of hydrogen-bond donors (Lipinski definition) is 2. The number of carbonyl (C=O) groups excluding carboxylic acids is 1. The Morgan fingerprint density at radius 2 is 1.83 bits per heavy atom. The standard InChI is InChI=1S/C28H31ClN8O4S/c1-14-10-17(16(3)30-21-6-7-22(29)31-24(21)26(38)34-42(5,40)41)23-18(11-14)27(39)35(4)28(32-23)36-12-19-20(13-36)25(19)37-9-8-15(2)33-37/h6-11,16,19-20,25,30H,12-13H2,1-5H3,(H,34,38)/t16-,19-,20+,25?/m1/s1. The lowest BCUT2D eigenvalue weighted by Crippen LogP contribution is -2.33. The number of fused-ring (bicyclic) bond motifs is 2. The first-order valence-corrected chi connectivity index (χ1v) is 15.8. The van der Waals surface area contributed by atoms with Crippen LogP contribution in [0.15, 0.2) is 41.3 Å². The number of aryl methyl sites for hydroxylation is 2. The minimum atomic E-state index is -3.82. The molecule has 14 heteroatoms. The van der Waals surface area contributed by atoms with Crippen molar-refractivity contribution in [3.8, 4) is 0 Å². The normalized spacial score (nSPS) is 20.4. The Kier molecular flexibility index (Phi) is 6.76. The summed E-state index contributed by atoms with van der Waals surface area (Å²) in [5.74, 6) is 0.593. The lowest BCUT2D eigenvalue weighted by Gasteiger charge is -2.25. The number of nitrogens with zero attached hydrogens (tertiary/aromatic N) is 6. The van der Waals surface area contributed by atoms with Crippen LogP contribution < -0.4 is 20.5 Å². The van der Waals surface area contributed by atoms with E-state index in [-0.39, 0.29) is 22.1 Å². The van der Waals surface area contributed by atoms with Crippen LogP contribution in [0.1, 0.15) is 46.3 Å². The largest absolute Gasteiger partial charge is 0.377 e. The van der Waals surface area contributed by atoms with Gasteiger partial charge in [-0.15, -0.1) is 0 Å². The zero-order valence-electron chi connectivity index (χ0n) is 23.8. The molecule has 1 aromatic carbocycles. The van der Waals surface area contributed by atoms with Crippen molar-refractivity contribution in [2.75, 3.05) is 29.6 Å². The SMILES string of the molecule is Cc1cc([C@@H](C)Nc2ccc(Cl)nc2C(=O)NS(C)(=O)=O)c2nc(N3C[C@@H]4C(n5ccc(C)n5)[C@@H]4C3)n(C)c(=O)c2c1. The van der Waals surface area contributed by atoms with Gasteiger partial charge in [-0.05, 0) is 50.6 Å². The second kappa shape index (κ2) is 10.1. The Balaban J connectivity index is 1.33. The average Bonchev–Trinajstić information content (AvgIpc) is 3.20. The summed E-state index contributed by atoms with van der Waals surface area (Å²) in [6.07, 6.45) is 2.91. The van der Waals surface area contributed by atoms with Crippen LogP contribution >= 0.6 is 11.6 Å². The number of benzene rings is 1. The number of anilines is 2. The Bertz CT molecular complexity index is 1910. The Morgan fingerprint density at radius 3 is 2.48 bits per heavy atom. The maximum Gasteiger partial charge on any atom is 0.285 e. The molecule has 0 spiro atoms. The second-order valence-corrected chi connectivity index (χ2v) is 13.4. The van der Waals surface area contributed by atoms with Crippen molar-refractivity contribution in [1.82, 2.24) is 29.0 Å². The van der Waals surface area contributed by atoms with E-state index in [0.29, 0.717) is 34.7 Å². The van der Waals surface area contributed by atoms with Gasteiger partial charge in [0.2, 0.25) is 16.0 Å². The van der Waals surface area contributed by atoms with E-state index < -0.39 is 22.0 Å². The summed E-state index contributed by atoms with van der Waals surface area (Å²) in [5, 5.41) is 8.37. The van der Waals surface area contributed by atoms with Gasteiger partial charge in [0, 0.05) is 43.7 Å². The highest BCUT2D eigenvalue weighted by Gasteiger charge is 2.58. The number of nitrogens with one attached hydrogen (secondary N) is 2. The minimum Gasteiger partial charge on any atom is -0.377 e. The summed E-state index contributed by atoms with van der Waals surface area (Å²) in [5.41, 5.74) is 3.16. The van der Waals surface area contributed by atoms with Crippen molar-refractivity contribution < 1.29 is 13.2 Å². The number of halogens is 1. The molecular formula is C28H31ClN8O4S. The van der Waals surface area contributed by atoms with E-state index in [1.54, 1.807) is 17.7 Å². The quantitative estimate of drug-likeness (QED) is 0.302. The topological polar surface area (TPSA) is 144 Å². The van der Waals surface area contributed by atoms with Gasteiger partial charge in [-0.1, -0.05) is 17.7 Å². The molecule has 2 aliphatic rings. The maximum absolute atomic E-state index is 13.6. The first-order valence-electron chi connectivity index (χ1n) is 13.5. The average molecular weight is 611 g/mol. The third-order valence-electron chi connectivity index (χ3n) is 8.00. The lowest BCUT2D eigenvalue weighted by molar-refractivity contribution is 0.0977. The number of piperidine rings is 1. The van der Waals surface area contributed by atoms with Gasteiger partial charge in [0.1, 0.15) is 5.15 Å². The van der Waals surface area contributed by atoms with E-state index in [2.05, 4.69) is 25.0 Å². The van der Waals surface area contributed by atoms with E-state index in [4.69, 9.17) is 16.6 Å². The monoisotopic (exact) mass is 610 g/mol.